The molecular weight excluding hydrogens is 372 g/mol. The van der Waals surface area contributed by atoms with Gasteiger partial charge in [0.05, 0.1) is 6.61 Å². The van der Waals surface area contributed by atoms with E-state index in [0.29, 0.717) is 18.2 Å². The van der Waals surface area contributed by atoms with Crippen LogP contribution in [-0.4, -0.2) is 37.6 Å². The Morgan fingerprint density at radius 2 is 2.07 bits per heavy atom. The maximum absolute atomic E-state index is 12.0. The molecule has 1 aliphatic heterocycles. The Hall–Kier alpha value is -3.06. The van der Waals surface area contributed by atoms with Gasteiger partial charge in [0.25, 0.3) is 0 Å². The van der Waals surface area contributed by atoms with Crippen molar-refractivity contribution in [3.63, 3.8) is 0 Å². The van der Waals surface area contributed by atoms with Gasteiger partial charge < -0.3 is 9.72 Å². The van der Waals surface area contributed by atoms with Crippen LogP contribution in [-0.2, 0) is 9.53 Å². The monoisotopic (exact) mass is 390 g/mol. The normalized spacial score (nSPS) is 16.6. The maximum atomic E-state index is 12.0. The lowest BCUT2D eigenvalue weighted by Gasteiger charge is -2.12. The van der Waals surface area contributed by atoms with Crippen molar-refractivity contribution in [3.8, 4) is 17.1 Å². The van der Waals surface area contributed by atoms with Crippen molar-refractivity contribution in [2.75, 3.05) is 6.61 Å². The van der Waals surface area contributed by atoms with Crippen LogP contribution < -0.4 is 0 Å². The van der Waals surface area contributed by atoms with Crippen molar-refractivity contribution in [1.29, 1.82) is 0 Å². The SMILES string of the molecule is Cc1cccc(-n2c(S[C@H]3CCOC3=O)nnc2-c2c[nH]c3ccccc23)c1. The molecule has 0 spiro atoms. The van der Waals surface area contributed by atoms with Gasteiger partial charge in [-0.2, -0.15) is 0 Å². The molecule has 140 valence electrons. The molecule has 1 saturated heterocycles. The lowest BCUT2D eigenvalue weighted by molar-refractivity contribution is -0.137. The Labute approximate surface area is 165 Å². The first-order valence-corrected chi connectivity index (χ1v) is 10.0. The quantitative estimate of drug-likeness (QED) is 0.531. The van der Waals surface area contributed by atoms with Crippen LogP contribution in [0, 0.1) is 6.92 Å². The van der Waals surface area contributed by atoms with Crippen LogP contribution in [0.5, 0.6) is 0 Å². The number of nitrogens with one attached hydrogen (secondary N) is 1. The lowest BCUT2D eigenvalue weighted by Crippen LogP contribution is -2.11. The number of aromatic nitrogens is 4. The average Bonchev–Trinajstić information content (AvgIpc) is 3.41. The van der Waals surface area contributed by atoms with Gasteiger partial charge in [-0.05, 0) is 30.7 Å². The minimum atomic E-state index is -0.247. The fraction of sp³-hybridized carbons (Fsp3) is 0.190. The first-order valence-electron chi connectivity index (χ1n) is 9.13. The second kappa shape index (κ2) is 6.83. The minimum absolute atomic E-state index is 0.183. The molecule has 0 amide bonds. The number of nitrogens with zero attached hydrogens (tertiary/aromatic N) is 3. The van der Waals surface area contributed by atoms with E-state index in [9.17, 15) is 4.79 Å². The molecule has 0 radical (unpaired) electrons. The molecule has 28 heavy (non-hydrogen) atoms. The number of para-hydroxylation sites is 1. The fourth-order valence-electron chi connectivity index (χ4n) is 3.49. The van der Waals surface area contributed by atoms with Crippen molar-refractivity contribution < 1.29 is 9.53 Å². The molecule has 2 aromatic carbocycles. The third-order valence-electron chi connectivity index (χ3n) is 4.86. The highest BCUT2D eigenvalue weighted by Crippen LogP contribution is 2.35. The summed E-state index contributed by atoms with van der Waals surface area (Å²) in [5, 5.41) is 10.5. The Morgan fingerprint density at radius 3 is 2.89 bits per heavy atom. The number of carbonyl (C=O) groups excluding carboxylic acids is 1. The number of aryl methyl sites for hydroxylation is 1. The van der Waals surface area contributed by atoms with E-state index in [1.54, 1.807) is 0 Å². The van der Waals surface area contributed by atoms with Gasteiger partial charge in [0, 0.05) is 34.8 Å². The van der Waals surface area contributed by atoms with E-state index in [4.69, 9.17) is 4.74 Å². The second-order valence-corrected chi connectivity index (χ2v) is 7.96. The van der Waals surface area contributed by atoms with Gasteiger partial charge in [-0.25, -0.2) is 0 Å². The lowest BCUT2D eigenvalue weighted by atomic mass is 10.1. The summed E-state index contributed by atoms with van der Waals surface area (Å²) in [5.41, 5.74) is 4.14. The zero-order valence-corrected chi connectivity index (χ0v) is 16.1. The maximum Gasteiger partial charge on any atom is 0.319 e. The first-order chi connectivity index (χ1) is 13.7. The third-order valence-corrected chi connectivity index (χ3v) is 6.05. The highest BCUT2D eigenvalue weighted by molar-refractivity contribution is 8.00. The van der Waals surface area contributed by atoms with E-state index in [1.165, 1.54) is 11.8 Å². The van der Waals surface area contributed by atoms with Crippen LogP contribution in [0.2, 0.25) is 0 Å². The topological polar surface area (TPSA) is 72.8 Å². The molecule has 1 N–H and O–H groups in total. The minimum Gasteiger partial charge on any atom is -0.465 e. The molecule has 0 bridgehead atoms. The number of fused-ring (bicyclic) bond motifs is 1. The Kier molecular flexibility index (Phi) is 4.16. The molecule has 2 aromatic heterocycles. The predicted molar refractivity (Wildman–Crippen MR) is 109 cm³/mol. The van der Waals surface area contributed by atoms with E-state index in [-0.39, 0.29) is 11.2 Å². The van der Waals surface area contributed by atoms with E-state index in [1.807, 2.05) is 41.1 Å². The number of ether oxygens (including phenoxy) is 1. The van der Waals surface area contributed by atoms with Crippen LogP contribution >= 0.6 is 11.8 Å². The largest absolute Gasteiger partial charge is 0.465 e. The predicted octanol–water partition coefficient (Wildman–Crippen LogP) is 4.13. The number of H-pyrrole nitrogens is 1. The van der Waals surface area contributed by atoms with Gasteiger partial charge in [-0.3, -0.25) is 9.36 Å². The molecule has 1 fully saturated rings. The van der Waals surface area contributed by atoms with Gasteiger partial charge in [-0.1, -0.05) is 42.1 Å². The number of carbonyl (C=O) groups is 1. The van der Waals surface area contributed by atoms with Crippen molar-refractivity contribution in [1.82, 2.24) is 19.7 Å². The number of esters is 1. The van der Waals surface area contributed by atoms with E-state index < -0.39 is 0 Å². The van der Waals surface area contributed by atoms with Crippen LogP contribution in [0.15, 0.2) is 59.9 Å². The first kappa shape index (κ1) is 17.1. The zero-order valence-electron chi connectivity index (χ0n) is 15.3. The molecule has 1 atom stereocenters. The van der Waals surface area contributed by atoms with Crippen molar-refractivity contribution >= 4 is 28.6 Å². The second-order valence-electron chi connectivity index (χ2n) is 6.79. The van der Waals surface area contributed by atoms with Gasteiger partial charge in [-0.15, -0.1) is 10.2 Å². The fourth-order valence-corrected chi connectivity index (χ4v) is 4.51. The average molecular weight is 390 g/mol. The summed E-state index contributed by atoms with van der Waals surface area (Å²) in [7, 11) is 0. The number of benzene rings is 2. The molecule has 6 nitrogen and oxygen atoms in total. The number of hydrogen-bond donors (Lipinski definition) is 1. The standard InChI is InChI=1S/C21H18N4O2S/c1-13-5-4-6-14(11-13)25-19(16-12-22-17-8-3-2-7-15(16)17)23-24-21(25)28-18-9-10-27-20(18)26/h2-8,11-12,18,22H,9-10H2,1H3/t18-/m0/s1. The van der Waals surface area contributed by atoms with Crippen molar-refractivity contribution in [2.45, 2.75) is 23.8 Å². The van der Waals surface area contributed by atoms with Gasteiger partial charge in [0.1, 0.15) is 5.25 Å². The van der Waals surface area contributed by atoms with Crippen molar-refractivity contribution in [2.24, 2.45) is 0 Å². The molecule has 0 saturated carbocycles. The summed E-state index contributed by atoms with van der Waals surface area (Å²) in [4.78, 5) is 15.3. The van der Waals surface area contributed by atoms with Crippen LogP contribution in [0.4, 0.5) is 0 Å². The third kappa shape index (κ3) is 2.88. The highest BCUT2D eigenvalue weighted by Gasteiger charge is 2.30. The molecule has 4 aromatic rings. The summed E-state index contributed by atoms with van der Waals surface area (Å²) in [6.45, 7) is 2.52. The molecule has 0 aliphatic carbocycles. The summed E-state index contributed by atoms with van der Waals surface area (Å²) in [5.74, 6) is 0.564. The Bertz CT molecular complexity index is 1180. The summed E-state index contributed by atoms with van der Waals surface area (Å²) in [6.07, 6.45) is 2.64. The van der Waals surface area contributed by atoms with Gasteiger partial charge in [0.15, 0.2) is 11.0 Å². The number of cyclic esters (lactones) is 1. The summed E-state index contributed by atoms with van der Waals surface area (Å²) in [6, 6.07) is 16.3. The molecule has 7 heteroatoms. The Balaban J connectivity index is 1.68. The number of thioether (sulfide) groups is 1. The molecule has 5 rings (SSSR count). The van der Waals surface area contributed by atoms with E-state index >= 15 is 0 Å². The number of rotatable bonds is 4. The van der Waals surface area contributed by atoms with Crippen LogP contribution in [0.3, 0.4) is 0 Å². The number of hydrogen-bond acceptors (Lipinski definition) is 5. The smallest absolute Gasteiger partial charge is 0.319 e. The van der Waals surface area contributed by atoms with E-state index in [2.05, 4.69) is 40.3 Å². The van der Waals surface area contributed by atoms with Crippen LogP contribution in [0.1, 0.15) is 12.0 Å². The summed E-state index contributed by atoms with van der Waals surface area (Å²) < 4.78 is 7.14. The van der Waals surface area contributed by atoms with Gasteiger partial charge >= 0.3 is 5.97 Å². The highest BCUT2D eigenvalue weighted by atomic mass is 32.2. The summed E-state index contributed by atoms with van der Waals surface area (Å²) >= 11 is 1.41. The molecule has 0 unspecified atom stereocenters. The molecule has 1 aliphatic rings. The van der Waals surface area contributed by atoms with Crippen molar-refractivity contribution in [3.05, 3.63) is 60.3 Å². The zero-order chi connectivity index (χ0) is 19.1. The van der Waals surface area contributed by atoms with Crippen LogP contribution in [0.25, 0.3) is 28.0 Å². The molecular formula is C21H18N4O2S. The van der Waals surface area contributed by atoms with E-state index in [0.717, 1.165) is 33.5 Å². The molecule has 3 heterocycles. The Morgan fingerprint density at radius 1 is 1.18 bits per heavy atom. The number of aromatic amines is 1. The van der Waals surface area contributed by atoms with Gasteiger partial charge in [0.2, 0.25) is 0 Å².